The number of aliphatic hydroxyl groups excluding tert-OH is 2. The van der Waals surface area contributed by atoms with E-state index in [1.807, 2.05) is 0 Å². The smallest absolute Gasteiger partial charge is 0.255 e. The third kappa shape index (κ3) is 2.48. The Bertz CT molecular complexity index is 1150. The van der Waals surface area contributed by atoms with Gasteiger partial charge in [-0.2, -0.15) is 0 Å². The van der Waals surface area contributed by atoms with Crippen LogP contribution < -0.4 is 5.73 Å². The first-order chi connectivity index (χ1) is 14.8. The fourth-order valence-electron chi connectivity index (χ4n) is 5.51. The third-order valence-electron chi connectivity index (χ3n) is 7.02. The van der Waals surface area contributed by atoms with Gasteiger partial charge in [-0.15, -0.1) is 0 Å². The van der Waals surface area contributed by atoms with Crippen molar-refractivity contribution >= 4 is 17.5 Å². The lowest BCUT2D eigenvalue weighted by Crippen LogP contribution is -2.65. The van der Waals surface area contributed by atoms with E-state index in [1.54, 1.807) is 0 Å². The fraction of sp³-hybridized carbons (Fsp3) is 0.409. The number of primary amides is 1. The predicted molar refractivity (Wildman–Crippen MR) is 110 cm³/mol. The average Bonchev–Trinajstić information content (AvgIpc) is 2.68. The fourth-order valence-corrected chi connectivity index (χ4v) is 5.51. The largest absolute Gasteiger partial charge is 0.510 e. The van der Waals surface area contributed by atoms with E-state index >= 15 is 0 Å². The van der Waals surface area contributed by atoms with Crippen LogP contribution in [-0.4, -0.2) is 73.6 Å². The quantitative estimate of drug-likeness (QED) is 0.336. The number of rotatable bonds is 2. The van der Waals surface area contributed by atoms with Crippen LogP contribution in [0.1, 0.15) is 29.3 Å². The minimum absolute atomic E-state index is 0.135. The number of hydrogen-bond acceptors (Lipinski definition) is 9. The zero-order valence-electron chi connectivity index (χ0n) is 17.7. The highest BCUT2D eigenvalue weighted by atomic mass is 16.3. The van der Waals surface area contributed by atoms with Gasteiger partial charge in [0.15, 0.2) is 11.4 Å². The summed E-state index contributed by atoms with van der Waals surface area (Å²) in [7, 11) is 3.06. The van der Waals surface area contributed by atoms with Crippen molar-refractivity contribution in [3.05, 3.63) is 52.0 Å². The SMILES string of the molecule is CN(C)[C@@H]1C(O)=C(C(N)=O)C(=O)C2(O)C(O)=C3C(=O)c4c(O)cccc4C(C)(O)C3CC12. The molecule has 7 N–H and O–H groups in total. The highest BCUT2D eigenvalue weighted by Gasteiger charge is 2.65. The molecule has 1 amide bonds. The standard InChI is InChI=1S/C22H24N2O8/c1-21(31)8-5-4-6-11(25)12(8)16(26)13-9(21)7-10-15(24(2)3)17(27)14(20(23)30)19(29)22(10,32)18(13)28/h4-6,9-10,15,25,27-28,31-32H,7H2,1-3H3,(H2,23,30)/t9?,10?,15-,21?,22?/m0/s1. The number of aromatic hydroxyl groups is 1. The Balaban J connectivity index is 2.05. The Morgan fingerprint density at radius 3 is 2.34 bits per heavy atom. The number of phenols is 1. The van der Waals surface area contributed by atoms with Gasteiger partial charge >= 0.3 is 0 Å². The normalized spacial score (nSPS) is 34.4. The van der Waals surface area contributed by atoms with Gasteiger partial charge in [-0.3, -0.25) is 19.3 Å². The molecule has 4 rings (SSSR count). The van der Waals surface area contributed by atoms with Gasteiger partial charge in [-0.05, 0) is 39.1 Å². The molecular formula is C22H24N2O8. The summed E-state index contributed by atoms with van der Waals surface area (Å²) in [5.74, 6) is -7.89. The van der Waals surface area contributed by atoms with E-state index in [4.69, 9.17) is 5.73 Å². The first kappa shape index (κ1) is 22.0. The van der Waals surface area contributed by atoms with Gasteiger partial charge < -0.3 is 31.3 Å². The van der Waals surface area contributed by atoms with Gasteiger partial charge in [-0.25, -0.2) is 0 Å². The monoisotopic (exact) mass is 444 g/mol. The van der Waals surface area contributed by atoms with Crippen LogP contribution in [0.15, 0.2) is 40.9 Å². The first-order valence-corrected chi connectivity index (χ1v) is 9.97. The Morgan fingerprint density at radius 2 is 1.78 bits per heavy atom. The highest BCUT2D eigenvalue weighted by molar-refractivity contribution is 6.24. The first-order valence-electron chi connectivity index (χ1n) is 9.97. The maximum atomic E-state index is 13.3. The van der Waals surface area contributed by atoms with Gasteiger partial charge in [0.1, 0.15) is 22.8 Å². The summed E-state index contributed by atoms with van der Waals surface area (Å²) in [6, 6.07) is 3.05. The Morgan fingerprint density at radius 1 is 1.16 bits per heavy atom. The number of nitrogens with two attached hydrogens (primary N) is 1. The van der Waals surface area contributed by atoms with Crippen molar-refractivity contribution in [2.75, 3.05) is 14.1 Å². The van der Waals surface area contributed by atoms with Crippen LogP contribution in [0.4, 0.5) is 0 Å². The Hall–Kier alpha value is -3.21. The number of carbonyl (C=O) groups is 3. The number of benzene rings is 1. The number of fused-ring (bicyclic) bond motifs is 3. The number of phenolic OH excluding ortho intramolecular Hbond substituents is 1. The molecule has 0 spiro atoms. The van der Waals surface area contributed by atoms with E-state index in [0.29, 0.717) is 0 Å². The summed E-state index contributed by atoms with van der Waals surface area (Å²) in [6.07, 6.45) is -0.200. The van der Waals surface area contributed by atoms with Crippen LogP contribution in [0.5, 0.6) is 5.75 Å². The predicted octanol–water partition coefficient (Wildman–Crippen LogP) is -0.214. The Labute approximate surface area is 182 Å². The Kier molecular flexibility index (Phi) is 4.57. The van der Waals surface area contributed by atoms with Crippen LogP contribution in [0.2, 0.25) is 0 Å². The molecule has 5 atom stereocenters. The molecule has 3 aliphatic rings. The average molecular weight is 444 g/mol. The summed E-state index contributed by atoms with van der Waals surface area (Å²) < 4.78 is 0. The van der Waals surface area contributed by atoms with Crippen molar-refractivity contribution < 1.29 is 39.9 Å². The minimum atomic E-state index is -2.75. The van der Waals surface area contributed by atoms with Crippen LogP contribution in [0.3, 0.4) is 0 Å². The van der Waals surface area contributed by atoms with Gasteiger partial charge in [0.2, 0.25) is 5.78 Å². The summed E-state index contributed by atoms with van der Waals surface area (Å²) in [5.41, 5.74) is -0.654. The molecular weight excluding hydrogens is 420 g/mol. The third-order valence-corrected chi connectivity index (χ3v) is 7.02. The van der Waals surface area contributed by atoms with Crippen molar-refractivity contribution in [3.63, 3.8) is 0 Å². The number of carbonyl (C=O) groups excluding carboxylic acids is 3. The lowest BCUT2D eigenvalue weighted by molar-refractivity contribution is -0.151. The maximum Gasteiger partial charge on any atom is 0.255 e. The van der Waals surface area contributed by atoms with Gasteiger partial charge in [0, 0.05) is 17.4 Å². The van der Waals surface area contributed by atoms with Crippen molar-refractivity contribution in [2.45, 2.75) is 30.6 Å². The van der Waals surface area contributed by atoms with Crippen LogP contribution in [0, 0.1) is 11.8 Å². The van der Waals surface area contributed by atoms with E-state index in [2.05, 4.69) is 0 Å². The molecule has 1 aromatic carbocycles. The van der Waals surface area contributed by atoms with Gasteiger partial charge in [0.25, 0.3) is 5.91 Å². The summed E-state index contributed by atoms with van der Waals surface area (Å²) in [5, 5.41) is 55.0. The van der Waals surface area contributed by atoms with Crippen LogP contribution >= 0.6 is 0 Å². The van der Waals surface area contributed by atoms with Crippen LogP contribution in [0.25, 0.3) is 0 Å². The second-order valence-corrected chi connectivity index (χ2v) is 8.96. The van der Waals surface area contributed by atoms with E-state index in [1.165, 1.54) is 44.1 Å². The summed E-state index contributed by atoms with van der Waals surface area (Å²) >= 11 is 0. The summed E-state index contributed by atoms with van der Waals surface area (Å²) in [6.45, 7) is 1.40. The molecule has 170 valence electrons. The van der Waals surface area contributed by atoms with Crippen molar-refractivity contribution in [2.24, 2.45) is 17.6 Å². The number of Topliss-reactive ketones (excluding diaryl/α,β-unsaturated/α-hetero) is 2. The van der Waals surface area contributed by atoms with Crippen molar-refractivity contribution in [1.82, 2.24) is 4.90 Å². The molecule has 0 fully saturated rings. The van der Waals surface area contributed by atoms with E-state index in [-0.39, 0.29) is 17.5 Å². The molecule has 1 aromatic rings. The lowest BCUT2D eigenvalue weighted by Gasteiger charge is -2.52. The number of amides is 1. The molecule has 10 nitrogen and oxygen atoms in total. The number of aliphatic hydroxyl groups is 4. The number of nitrogens with zero attached hydrogens (tertiary/aromatic N) is 1. The number of ketones is 2. The topological polar surface area (TPSA) is 182 Å². The van der Waals surface area contributed by atoms with E-state index < -0.39 is 75.0 Å². The van der Waals surface area contributed by atoms with Gasteiger partial charge in [-0.1, -0.05) is 12.1 Å². The molecule has 0 aromatic heterocycles. The maximum absolute atomic E-state index is 13.3. The second kappa shape index (κ2) is 6.64. The molecule has 3 aliphatic carbocycles. The molecule has 0 radical (unpaired) electrons. The zero-order chi connectivity index (χ0) is 23.9. The molecule has 0 saturated heterocycles. The van der Waals surface area contributed by atoms with Crippen molar-refractivity contribution in [3.8, 4) is 5.75 Å². The number of hydrogen-bond donors (Lipinski definition) is 6. The number of likely N-dealkylation sites (N-methyl/N-ethyl adjacent to an activating group) is 1. The van der Waals surface area contributed by atoms with Crippen LogP contribution in [-0.2, 0) is 15.2 Å². The van der Waals surface area contributed by atoms with Crippen molar-refractivity contribution in [1.29, 1.82) is 0 Å². The molecule has 0 heterocycles. The summed E-state index contributed by atoms with van der Waals surface area (Å²) in [4.78, 5) is 39.9. The lowest BCUT2D eigenvalue weighted by atomic mass is 9.55. The molecule has 4 unspecified atom stereocenters. The zero-order valence-corrected chi connectivity index (χ0v) is 17.7. The molecule has 32 heavy (non-hydrogen) atoms. The van der Waals surface area contributed by atoms with Gasteiger partial charge in [0.05, 0.1) is 17.2 Å². The molecule has 10 heteroatoms. The van der Waals surface area contributed by atoms with E-state index in [9.17, 15) is 39.9 Å². The minimum Gasteiger partial charge on any atom is -0.510 e. The second-order valence-electron chi connectivity index (χ2n) is 8.96. The molecule has 0 bridgehead atoms. The van der Waals surface area contributed by atoms with E-state index in [0.717, 1.165) is 0 Å². The molecule has 0 aliphatic heterocycles. The molecule has 0 saturated carbocycles. The highest BCUT2D eigenvalue weighted by Crippen LogP contribution is 2.56.